The largest absolute Gasteiger partial charge is 0.492 e. The van der Waals surface area contributed by atoms with E-state index in [1.54, 1.807) is 14.0 Å². The highest BCUT2D eigenvalue weighted by atomic mass is 16.5. The summed E-state index contributed by atoms with van der Waals surface area (Å²) < 4.78 is 10.6. The van der Waals surface area contributed by atoms with Crippen LogP contribution in [-0.2, 0) is 6.54 Å². The predicted octanol–water partition coefficient (Wildman–Crippen LogP) is 1.12. The second kappa shape index (κ2) is 7.88. The minimum atomic E-state index is 0.431. The van der Waals surface area contributed by atoms with E-state index in [4.69, 9.17) is 9.26 Å². The van der Waals surface area contributed by atoms with Crippen LogP contribution >= 0.6 is 0 Å². The van der Waals surface area contributed by atoms with Crippen molar-refractivity contribution >= 4 is 5.96 Å². The van der Waals surface area contributed by atoms with E-state index in [2.05, 4.69) is 25.8 Å². The summed E-state index contributed by atoms with van der Waals surface area (Å²) in [7, 11) is 1.70. The van der Waals surface area contributed by atoms with Crippen molar-refractivity contribution in [3.05, 3.63) is 42.0 Å². The third-order valence-electron chi connectivity index (χ3n) is 2.61. The van der Waals surface area contributed by atoms with Crippen LogP contribution in [0.4, 0.5) is 0 Å². The van der Waals surface area contributed by atoms with Gasteiger partial charge in [0, 0.05) is 7.05 Å². The number of nitrogens with zero attached hydrogens (tertiary/aromatic N) is 3. The van der Waals surface area contributed by atoms with E-state index < -0.39 is 0 Å². The molecule has 0 atom stereocenters. The fourth-order valence-corrected chi connectivity index (χ4v) is 1.65. The molecule has 0 aliphatic rings. The topological polar surface area (TPSA) is 84.6 Å². The Morgan fingerprint density at radius 2 is 2.10 bits per heavy atom. The van der Waals surface area contributed by atoms with Gasteiger partial charge in [-0.25, -0.2) is 0 Å². The van der Waals surface area contributed by atoms with Crippen molar-refractivity contribution in [2.45, 2.75) is 13.5 Å². The maximum Gasteiger partial charge on any atom is 0.246 e. The molecule has 1 heterocycles. The smallest absolute Gasteiger partial charge is 0.246 e. The second-order valence-corrected chi connectivity index (χ2v) is 4.25. The zero-order chi connectivity index (χ0) is 14.9. The van der Waals surface area contributed by atoms with E-state index in [1.807, 2.05) is 30.3 Å². The van der Waals surface area contributed by atoms with Gasteiger partial charge < -0.3 is 19.9 Å². The highest BCUT2D eigenvalue weighted by Crippen LogP contribution is 2.07. The molecule has 0 saturated heterocycles. The van der Waals surface area contributed by atoms with Crippen LogP contribution in [0.15, 0.2) is 39.8 Å². The number of hydrogen-bond donors (Lipinski definition) is 2. The SMILES string of the molecule is CN=C(NCCOc1ccccc1)NCc1nc(C)no1. The lowest BCUT2D eigenvalue weighted by molar-refractivity contribution is 0.321. The van der Waals surface area contributed by atoms with Gasteiger partial charge in [0.25, 0.3) is 0 Å². The Kier molecular flexibility index (Phi) is 5.57. The summed E-state index contributed by atoms with van der Waals surface area (Å²) in [5.41, 5.74) is 0. The molecule has 0 fully saturated rings. The highest BCUT2D eigenvalue weighted by Gasteiger charge is 2.03. The van der Waals surface area contributed by atoms with Crippen LogP contribution in [-0.4, -0.2) is 36.3 Å². The Bertz CT molecular complexity index is 568. The Hall–Kier alpha value is -2.57. The highest BCUT2D eigenvalue weighted by molar-refractivity contribution is 5.79. The van der Waals surface area contributed by atoms with Crippen LogP contribution in [0.3, 0.4) is 0 Å². The monoisotopic (exact) mass is 289 g/mol. The molecule has 0 saturated carbocycles. The lowest BCUT2D eigenvalue weighted by Gasteiger charge is -2.11. The maximum absolute atomic E-state index is 5.58. The van der Waals surface area contributed by atoms with Gasteiger partial charge in [-0.2, -0.15) is 4.98 Å². The van der Waals surface area contributed by atoms with Gasteiger partial charge in [0.2, 0.25) is 5.89 Å². The number of aliphatic imine (C=N–C) groups is 1. The van der Waals surface area contributed by atoms with Crippen molar-refractivity contribution in [1.82, 2.24) is 20.8 Å². The number of para-hydroxylation sites is 1. The molecule has 7 heteroatoms. The van der Waals surface area contributed by atoms with Crippen LogP contribution in [0, 0.1) is 6.92 Å². The van der Waals surface area contributed by atoms with E-state index >= 15 is 0 Å². The predicted molar refractivity (Wildman–Crippen MR) is 79.2 cm³/mol. The standard InChI is InChI=1S/C14H19N5O2/c1-11-18-13(21-19-11)10-17-14(15-2)16-8-9-20-12-6-4-3-5-7-12/h3-7H,8-10H2,1-2H3,(H2,15,16,17). The molecule has 2 rings (SSSR count). The minimum Gasteiger partial charge on any atom is -0.492 e. The lowest BCUT2D eigenvalue weighted by atomic mass is 10.3. The number of rotatable bonds is 6. The number of benzene rings is 1. The molecular weight excluding hydrogens is 270 g/mol. The zero-order valence-corrected chi connectivity index (χ0v) is 12.2. The first-order chi connectivity index (χ1) is 10.3. The first-order valence-electron chi connectivity index (χ1n) is 6.69. The van der Waals surface area contributed by atoms with Crippen LogP contribution in [0.25, 0.3) is 0 Å². The van der Waals surface area contributed by atoms with E-state index in [9.17, 15) is 0 Å². The van der Waals surface area contributed by atoms with Gasteiger partial charge in [0.1, 0.15) is 12.4 Å². The fraction of sp³-hybridized carbons (Fsp3) is 0.357. The summed E-state index contributed by atoms with van der Waals surface area (Å²) in [6, 6.07) is 9.68. The molecular formula is C14H19N5O2. The number of hydrogen-bond acceptors (Lipinski definition) is 5. The molecule has 1 aromatic heterocycles. The van der Waals surface area contributed by atoms with Crippen LogP contribution in [0.2, 0.25) is 0 Å². The van der Waals surface area contributed by atoms with Crippen molar-refractivity contribution in [1.29, 1.82) is 0 Å². The Labute approximate surface area is 123 Å². The third-order valence-corrected chi connectivity index (χ3v) is 2.61. The zero-order valence-electron chi connectivity index (χ0n) is 12.2. The number of ether oxygens (including phenoxy) is 1. The number of aryl methyl sites for hydroxylation is 1. The van der Waals surface area contributed by atoms with Crippen molar-refractivity contribution in [2.24, 2.45) is 4.99 Å². The number of nitrogens with one attached hydrogen (secondary N) is 2. The quantitative estimate of drug-likeness (QED) is 0.471. The van der Waals surface area contributed by atoms with E-state index in [1.165, 1.54) is 0 Å². The first-order valence-corrected chi connectivity index (χ1v) is 6.69. The molecule has 0 amide bonds. The molecule has 7 nitrogen and oxygen atoms in total. The summed E-state index contributed by atoms with van der Waals surface area (Å²) in [5.74, 6) is 2.65. The summed E-state index contributed by atoms with van der Waals surface area (Å²) in [5, 5.41) is 9.95. The summed E-state index contributed by atoms with van der Waals surface area (Å²) >= 11 is 0. The van der Waals surface area contributed by atoms with Gasteiger partial charge in [0.15, 0.2) is 11.8 Å². The van der Waals surface area contributed by atoms with Gasteiger partial charge in [-0.1, -0.05) is 23.4 Å². The van der Waals surface area contributed by atoms with Crippen molar-refractivity contribution in [3.63, 3.8) is 0 Å². The Morgan fingerprint density at radius 1 is 1.29 bits per heavy atom. The van der Waals surface area contributed by atoms with Crippen molar-refractivity contribution < 1.29 is 9.26 Å². The summed E-state index contributed by atoms with van der Waals surface area (Å²) in [6.45, 7) is 3.39. The molecule has 0 bridgehead atoms. The summed E-state index contributed by atoms with van der Waals surface area (Å²) in [6.07, 6.45) is 0. The van der Waals surface area contributed by atoms with Crippen LogP contribution in [0.1, 0.15) is 11.7 Å². The van der Waals surface area contributed by atoms with Crippen molar-refractivity contribution in [2.75, 3.05) is 20.2 Å². The average molecular weight is 289 g/mol. The minimum absolute atomic E-state index is 0.431. The average Bonchev–Trinajstić information content (AvgIpc) is 2.93. The molecule has 0 spiro atoms. The normalized spacial score (nSPS) is 11.2. The van der Waals surface area contributed by atoms with Gasteiger partial charge in [-0.3, -0.25) is 4.99 Å². The number of aromatic nitrogens is 2. The lowest BCUT2D eigenvalue weighted by Crippen LogP contribution is -2.38. The fourth-order valence-electron chi connectivity index (χ4n) is 1.65. The van der Waals surface area contributed by atoms with E-state index in [0.29, 0.717) is 37.4 Å². The molecule has 2 N–H and O–H groups in total. The molecule has 0 unspecified atom stereocenters. The molecule has 1 aromatic carbocycles. The Morgan fingerprint density at radius 3 is 2.76 bits per heavy atom. The van der Waals surface area contributed by atoms with Gasteiger partial charge in [-0.15, -0.1) is 0 Å². The molecule has 112 valence electrons. The molecule has 0 aliphatic carbocycles. The first kappa shape index (κ1) is 14.8. The number of guanidine groups is 1. The van der Waals surface area contributed by atoms with Gasteiger partial charge >= 0.3 is 0 Å². The second-order valence-electron chi connectivity index (χ2n) is 4.25. The molecule has 0 radical (unpaired) electrons. The van der Waals surface area contributed by atoms with E-state index in [0.717, 1.165) is 5.75 Å². The summed E-state index contributed by atoms with van der Waals surface area (Å²) in [4.78, 5) is 8.21. The van der Waals surface area contributed by atoms with Crippen LogP contribution < -0.4 is 15.4 Å². The van der Waals surface area contributed by atoms with Crippen molar-refractivity contribution in [3.8, 4) is 5.75 Å². The van der Waals surface area contributed by atoms with E-state index in [-0.39, 0.29) is 0 Å². The maximum atomic E-state index is 5.58. The molecule has 2 aromatic rings. The third kappa shape index (κ3) is 5.13. The van der Waals surface area contributed by atoms with Gasteiger partial charge in [0.05, 0.1) is 13.1 Å². The Balaban J connectivity index is 1.66. The molecule has 0 aliphatic heterocycles. The molecule has 21 heavy (non-hydrogen) atoms. The van der Waals surface area contributed by atoms with Gasteiger partial charge in [-0.05, 0) is 19.1 Å². The van der Waals surface area contributed by atoms with Crippen LogP contribution in [0.5, 0.6) is 5.75 Å².